The minimum Gasteiger partial charge on any atom is -0.444 e. The van der Waals surface area contributed by atoms with E-state index in [0.29, 0.717) is 13.0 Å². The number of fused-ring (bicyclic) bond motifs is 1. The van der Waals surface area contributed by atoms with Gasteiger partial charge in [0.25, 0.3) is 0 Å². The minimum atomic E-state index is -1.27. The first-order valence-corrected chi connectivity index (χ1v) is 13.6. The number of carbonyl (C=O) groups is 2. The van der Waals surface area contributed by atoms with Gasteiger partial charge < -0.3 is 15.0 Å². The topological polar surface area (TPSA) is 58.6 Å². The maximum Gasteiger partial charge on any atom is 0.407 e. The van der Waals surface area contributed by atoms with Crippen molar-refractivity contribution in [2.24, 2.45) is 0 Å². The summed E-state index contributed by atoms with van der Waals surface area (Å²) >= 11 is 0. The van der Waals surface area contributed by atoms with E-state index in [1.165, 1.54) is 0 Å². The van der Waals surface area contributed by atoms with Crippen molar-refractivity contribution in [3.63, 3.8) is 0 Å². The fraction of sp³-hybridized carbons (Fsp3) is 0.545. The molecule has 0 radical (unpaired) electrons. The van der Waals surface area contributed by atoms with E-state index >= 15 is 0 Å². The third-order valence-electron chi connectivity index (χ3n) is 4.75. The number of ether oxygens (including phenoxy) is 1. The predicted molar refractivity (Wildman–Crippen MR) is 118 cm³/mol. The molecule has 28 heavy (non-hydrogen) atoms. The molecule has 154 valence electrons. The fourth-order valence-corrected chi connectivity index (χ4v) is 4.27. The van der Waals surface area contributed by atoms with Crippen molar-refractivity contribution in [3.8, 4) is 0 Å². The van der Waals surface area contributed by atoms with Crippen LogP contribution in [0.3, 0.4) is 0 Å². The third kappa shape index (κ3) is 5.25. The Morgan fingerprint density at radius 3 is 2.50 bits per heavy atom. The van der Waals surface area contributed by atoms with Gasteiger partial charge in [0.15, 0.2) is 0 Å². The van der Waals surface area contributed by atoms with Gasteiger partial charge in [-0.05, 0) is 44.9 Å². The Kier molecular flexibility index (Phi) is 6.43. The summed E-state index contributed by atoms with van der Waals surface area (Å²) in [4.78, 5) is 27.0. The van der Waals surface area contributed by atoms with Crippen LogP contribution in [0.2, 0.25) is 25.7 Å². The maximum atomic E-state index is 13.3. The normalized spacial score (nSPS) is 19.8. The predicted octanol–water partition coefficient (Wildman–Crippen LogP) is 4.71. The van der Waals surface area contributed by atoms with Crippen LogP contribution in [0.4, 0.5) is 10.5 Å². The number of para-hydroxylation sites is 1. The van der Waals surface area contributed by atoms with E-state index < -0.39 is 25.2 Å². The summed E-state index contributed by atoms with van der Waals surface area (Å²) in [6.45, 7) is 12.8. The van der Waals surface area contributed by atoms with Crippen molar-refractivity contribution in [3.05, 3.63) is 42.0 Å². The number of anilines is 1. The molecule has 2 rings (SSSR count). The summed E-state index contributed by atoms with van der Waals surface area (Å²) in [6.07, 6.45) is 4.26. The van der Waals surface area contributed by atoms with Crippen molar-refractivity contribution in [1.29, 1.82) is 0 Å². The number of rotatable bonds is 6. The van der Waals surface area contributed by atoms with Crippen LogP contribution in [-0.4, -0.2) is 39.3 Å². The second-order valence-electron chi connectivity index (χ2n) is 9.70. The Bertz CT molecular complexity index is 762. The first-order valence-electron chi connectivity index (χ1n) is 9.88. The summed E-state index contributed by atoms with van der Waals surface area (Å²) in [7, 11) is 0.546. The zero-order valence-electron chi connectivity index (χ0n) is 18.3. The van der Waals surface area contributed by atoms with Crippen LogP contribution in [0.15, 0.2) is 36.4 Å². The number of nitrogens with one attached hydrogen (secondary N) is 1. The van der Waals surface area contributed by atoms with Crippen molar-refractivity contribution in [1.82, 2.24) is 5.32 Å². The number of amides is 2. The molecule has 1 aromatic carbocycles. The van der Waals surface area contributed by atoms with Gasteiger partial charge in [0.2, 0.25) is 5.91 Å². The number of likely N-dealkylation sites (N-methyl/N-ethyl adjacent to an activating group) is 1. The van der Waals surface area contributed by atoms with Crippen LogP contribution < -0.4 is 10.2 Å². The maximum absolute atomic E-state index is 13.3. The molecule has 0 saturated carbocycles. The van der Waals surface area contributed by atoms with Gasteiger partial charge >= 0.3 is 6.09 Å². The average molecular weight is 403 g/mol. The number of benzene rings is 1. The first-order chi connectivity index (χ1) is 12.9. The van der Waals surface area contributed by atoms with Gasteiger partial charge in [-0.15, -0.1) is 0 Å². The average Bonchev–Trinajstić information content (AvgIpc) is 2.75. The molecule has 1 aromatic rings. The molecular formula is C22H34N2O3Si. The van der Waals surface area contributed by atoms with Gasteiger partial charge in [0, 0.05) is 27.4 Å². The molecule has 0 fully saturated rings. The van der Waals surface area contributed by atoms with Gasteiger partial charge in [0.1, 0.15) is 5.60 Å². The van der Waals surface area contributed by atoms with E-state index in [4.69, 9.17) is 4.74 Å². The highest BCUT2D eigenvalue weighted by atomic mass is 28.3. The quantitative estimate of drug-likeness (QED) is 0.554. The highest BCUT2D eigenvalue weighted by Crippen LogP contribution is 2.44. The van der Waals surface area contributed by atoms with Crippen molar-refractivity contribution < 1.29 is 14.3 Å². The lowest BCUT2D eigenvalue weighted by Crippen LogP contribution is -2.41. The van der Waals surface area contributed by atoms with Gasteiger partial charge in [0.05, 0.1) is 5.41 Å². The Morgan fingerprint density at radius 1 is 1.25 bits per heavy atom. The van der Waals surface area contributed by atoms with Crippen LogP contribution in [0.5, 0.6) is 0 Å². The lowest BCUT2D eigenvalue weighted by Gasteiger charge is -2.26. The second kappa shape index (κ2) is 8.11. The molecule has 1 aliphatic rings. The molecule has 1 aliphatic heterocycles. The Hall–Kier alpha value is -2.08. The number of alkyl carbamates (subject to hydrolysis) is 1. The summed E-state index contributed by atoms with van der Waals surface area (Å²) < 4.78 is 5.32. The van der Waals surface area contributed by atoms with E-state index in [-0.39, 0.29) is 5.91 Å². The summed E-state index contributed by atoms with van der Waals surface area (Å²) in [5, 5.41) is 2.81. The first kappa shape index (κ1) is 22.2. The number of hydrogen-bond acceptors (Lipinski definition) is 3. The molecule has 0 aliphatic carbocycles. The number of nitrogens with zero attached hydrogens (tertiary/aromatic N) is 1. The van der Waals surface area contributed by atoms with Crippen LogP contribution in [0, 0.1) is 0 Å². The summed E-state index contributed by atoms with van der Waals surface area (Å²) in [5.74, 6) is 0.0477. The van der Waals surface area contributed by atoms with Gasteiger partial charge in [-0.25, -0.2) is 4.79 Å². The molecule has 1 atom stereocenters. The molecule has 2 amide bonds. The van der Waals surface area contributed by atoms with E-state index in [9.17, 15) is 9.59 Å². The van der Waals surface area contributed by atoms with Crippen LogP contribution in [0.25, 0.3) is 0 Å². The molecule has 0 spiro atoms. The van der Waals surface area contributed by atoms with Crippen molar-refractivity contribution in [2.45, 2.75) is 63.9 Å². The Morgan fingerprint density at radius 2 is 1.89 bits per heavy atom. The zero-order valence-corrected chi connectivity index (χ0v) is 19.3. The third-order valence-corrected chi connectivity index (χ3v) is 6.21. The van der Waals surface area contributed by atoms with Crippen molar-refractivity contribution >= 4 is 25.8 Å². The minimum absolute atomic E-state index is 0.0477. The zero-order chi connectivity index (χ0) is 21.2. The van der Waals surface area contributed by atoms with Gasteiger partial charge in [-0.2, -0.15) is 0 Å². The van der Waals surface area contributed by atoms with E-state index in [1.807, 2.05) is 52.1 Å². The van der Waals surface area contributed by atoms with E-state index in [0.717, 1.165) is 17.3 Å². The van der Waals surface area contributed by atoms with Gasteiger partial charge in [-0.1, -0.05) is 50.0 Å². The summed E-state index contributed by atoms with van der Waals surface area (Å²) in [5.41, 5.74) is 0.636. The SMILES string of the molecule is CN1C(=O)C(/C=C/C[Si](C)(C)C)(CCNC(=O)OC(C)(C)C)c2ccccc21. The van der Waals surface area contributed by atoms with Crippen LogP contribution in [-0.2, 0) is 14.9 Å². The van der Waals surface area contributed by atoms with E-state index in [2.05, 4.69) is 37.1 Å². The molecule has 0 saturated heterocycles. The van der Waals surface area contributed by atoms with Crippen LogP contribution in [0.1, 0.15) is 32.8 Å². The molecule has 1 unspecified atom stereocenters. The standard InChI is InChI=1S/C22H34N2O3Si/c1-21(2,3)27-20(26)23-15-14-22(13-10-16-28(5,6)7)17-11-8-9-12-18(17)24(4)19(22)25/h8-13H,14-16H2,1-7H3,(H,23,26)/b13-10+. The van der Waals surface area contributed by atoms with Gasteiger partial charge in [-0.3, -0.25) is 4.79 Å². The largest absolute Gasteiger partial charge is 0.444 e. The highest BCUT2D eigenvalue weighted by molar-refractivity contribution is 6.76. The lowest BCUT2D eigenvalue weighted by atomic mass is 9.78. The Balaban J connectivity index is 2.26. The molecular weight excluding hydrogens is 368 g/mol. The lowest BCUT2D eigenvalue weighted by molar-refractivity contribution is -0.121. The van der Waals surface area contributed by atoms with Crippen LogP contribution >= 0.6 is 0 Å². The summed E-state index contributed by atoms with van der Waals surface area (Å²) in [6, 6.07) is 8.91. The monoisotopic (exact) mass is 402 g/mol. The number of allylic oxidation sites excluding steroid dienone is 1. The fourth-order valence-electron chi connectivity index (χ4n) is 3.44. The molecule has 0 bridgehead atoms. The molecule has 1 N–H and O–H groups in total. The second-order valence-corrected chi connectivity index (χ2v) is 15.2. The number of carbonyl (C=O) groups excluding carboxylic acids is 2. The van der Waals surface area contributed by atoms with Crippen molar-refractivity contribution in [2.75, 3.05) is 18.5 Å². The molecule has 5 nitrogen and oxygen atoms in total. The molecule has 1 heterocycles. The smallest absolute Gasteiger partial charge is 0.407 e. The molecule has 0 aromatic heterocycles. The molecule has 6 heteroatoms. The Labute approximate surface area is 170 Å². The van der Waals surface area contributed by atoms with E-state index in [1.54, 1.807) is 4.90 Å². The highest BCUT2D eigenvalue weighted by Gasteiger charge is 2.47. The number of hydrogen-bond donors (Lipinski definition) is 1.